The highest BCUT2D eigenvalue weighted by Gasteiger charge is 2.37. The van der Waals surface area contributed by atoms with E-state index in [0.29, 0.717) is 25.6 Å². The Morgan fingerprint density at radius 1 is 1.35 bits per heavy atom. The van der Waals surface area contributed by atoms with E-state index in [2.05, 4.69) is 17.6 Å². The van der Waals surface area contributed by atoms with Crippen molar-refractivity contribution in [2.45, 2.75) is 44.6 Å². The average Bonchev–Trinajstić information content (AvgIpc) is 2.38. The predicted molar refractivity (Wildman–Crippen MR) is 77.1 cm³/mol. The molecule has 2 amide bonds. The molecule has 0 aromatic heterocycles. The fourth-order valence-electron chi connectivity index (χ4n) is 2.64. The monoisotopic (exact) mass is 285 g/mol. The Bertz CT molecular complexity index is 336. The summed E-state index contributed by atoms with van der Waals surface area (Å²) in [4.78, 5) is 23.6. The van der Waals surface area contributed by atoms with Gasteiger partial charge in [-0.25, -0.2) is 0 Å². The lowest BCUT2D eigenvalue weighted by atomic mass is 9.76. The predicted octanol–water partition coefficient (Wildman–Crippen LogP) is 0.163. The van der Waals surface area contributed by atoms with Gasteiger partial charge in [-0.2, -0.15) is 0 Å². The Kier molecular flexibility index (Phi) is 6.95. The van der Waals surface area contributed by atoms with E-state index in [0.717, 1.165) is 25.7 Å². The zero-order valence-electron chi connectivity index (χ0n) is 12.5. The number of hydrogen-bond acceptors (Lipinski definition) is 4. The first-order valence-corrected chi connectivity index (χ1v) is 7.31. The molecule has 0 spiro atoms. The minimum Gasteiger partial charge on any atom is -0.383 e. The van der Waals surface area contributed by atoms with E-state index in [-0.39, 0.29) is 18.2 Å². The smallest absolute Gasteiger partial charge is 0.240 e. The van der Waals surface area contributed by atoms with Crippen LogP contribution in [-0.2, 0) is 14.3 Å². The lowest BCUT2D eigenvalue weighted by Crippen LogP contribution is -2.56. The number of carbonyl (C=O) groups excluding carboxylic acids is 2. The molecule has 0 aromatic carbocycles. The van der Waals surface area contributed by atoms with Crippen LogP contribution in [0.2, 0.25) is 0 Å². The molecule has 6 nitrogen and oxygen atoms in total. The molecule has 0 radical (unpaired) electrons. The zero-order chi connectivity index (χ0) is 15.0. The molecule has 2 atom stereocenters. The fourth-order valence-corrected chi connectivity index (χ4v) is 2.64. The highest BCUT2D eigenvalue weighted by Crippen LogP contribution is 2.30. The van der Waals surface area contributed by atoms with Crippen molar-refractivity contribution in [1.82, 2.24) is 10.6 Å². The largest absolute Gasteiger partial charge is 0.383 e. The Balaban J connectivity index is 2.24. The molecule has 0 aliphatic heterocycles. The van der Waals surface area contributed by atoms with Gasteiger partial charge in [0.05, 0.1) is 12.1 Å². The molecular formula is C14H27N3O3. The van der Waals surface area contributed by atoms with Gasteiger partial charge in [0.1, 0.15) is 0 Å². The first-order valence-electron chi connectivity index (χ1n) is 7.31. The van der Waals surface area contributed by atoms with Gasteiger partial charge < -0.3 is 21.1 Å². The molecule has 116 valence electrons. The van der Waals surface area contributed by atoms with E-state index >= 15 is 0 Å². The maximum Gasteiger partial charge on any atom is 0.240 e. The Morgan fingerprint density at radius 3 is 2.75 bits per heavy atom. The third kappa shape index (κ3) is 5.46. The van der Waals surface area contributed by atoms with Crippen LogP contribution in [0.15, 0.2) is 0 Å². The van der Waals surface area contributed by atoms with Crippen LogP contribution in [0.25, 0.3) is 0 Å². The van der Waals surface area contributed by atoms with Crippen LogP contribution < -0.4 is 16.4 Å². The van der Waals surface area contributed by atoms with Crippen LogP contribution in [0.1, 0.15) is 39.0 Å². The van der Waals surface area contributed by atoms with E-state index < -0.39 is 5.54 Å². The number of rotatable bonds is 7. The molecule has 1 saturated carbocycles. The minimum atomic E-state index is -0.760. The molecule has 1 rings (SSSR count). The third-order valence-corrected chi connectivity index (χ3v) is 3.75. The molecule has 1 aliphatic rings. The van der Waals surface area contributed by atoms with Gasteiger partial charge in [0.15, 0.2) is 0 Å². The average molecular weight is 285 g/mol. The summed E-state index contributed by atoms with van der Waals surface area (Å²) in [5.41, 5.74) is 5.42. The van der Waals surface area contributed by atoms with Crippen LogP contribution in [0.5, 0.6) is 0 Å². The molecule has 1 aliphatic carbocycles. The topological polar surface area (TPSA) is 93.5 Å². The van der Waals surface area contributed by atoms with Gasteiger partial charge in [-0.15, -0.1) is 0 Å². The van der Waals surface area contributed by atoms with Crippen molar-refractivity contribution in [2.24, 2.45) is 11.7 Å². The molecule has 20 heavy (non-hydrogen) atoms. The quantitative estimate of drug-likeness (QED) is 0.581. The van der Waals surface area contributed by atoms with Crippen molar-refractivity contribution >= 4 is 11.8 Å². The maximum atomic E-state index is 12.1. The van der Waals surface area contributed by atoms with Crippen molar-refractivity contribution in [3.05, 3.63) is 0 Å². The molecule has 0 saturated heterocycles. The molecule has 0 heterocycles. The summed E-state index contributed by atoms with van der Waals surface area (Å²) in [6.07, 6.45) is 3.83. The molecule has 6 heteroatoms. The van der Waals surface area contributed by atoms with Gasteiger partial charge in [0.25, 0.3) is 0 Å². The standard InChI is InChI=1S/C14H27N3O3/c1-11-4-3-6-14(15,10-11)13(19)17-7-5-12(18)16-8-9-20-2/h11H,3-10,15H2,1-2H3,(H,16,18)(H,17,19). The van der Waals surface area contributed by atoms with E-state index in [9.17, 15) is 9.59 Å². The summed E-state index contributed by atoms with van der Waals surface area (Å²) in [7, 11) is 1.58. The molecular weight excluding hydrogens is 258 g/mol. The van der Waals surface area contributed by atoms with Crippen LogP contribution in [0, 0.1) is 5.92 Å². The molecule has 0 bridgehead atoms. The number of ether oxygens (including phenoxy) is 1. The van der Waals surface area contributed by atoms with Crippen molar-refractivity contribution in [1.29, 1.82) is 0 Å². The summed E-state index contributed by atoms with van der Waals surface area (Å²) in [6, 6.07) is 0. The van der Waals surface area contributed by atoms with Gasteiger partial charge in [0, 0.05) is 26.6 Å². The second-order valence-electron chi connectivity index (χ2n) is 5.71. The normalized spacial score (nSPS) is 26.1. The van der Waals surface area contributed by atoms with Crippen LogP contribution in [0.3, 0.4) is 0 Å². The summed E-state index contributed by atoms with van der Waals surface area (Å²) in [5.74, 6) is 0.260. The summed E-state index contributed by atoms with van der Waals surface area (Å²) >= 11 is 0. The third-order valence-electron chi connectivity index (χ3n) is 3.75. The lowest BCUT2D eigenvalue weighted by molar-refractivity contribution is -0.128. The van der Waals surface area contributed by atoms with Gasteiger partial charge in [-0.3, -0.25) is 9.59 Å². The second-order valence-corrected chi connectivity index (χ2v) is 5.71. The van der Waals surface area contributed by atoms with Crippen molar-refractivity contribution < 1.29 is 14.3 Å². The Hall–Kier alpha value is -1.14. The van der Waals surface area contributed by atoms with Gasteiger partial charge in [-0.05, 0) is 18.8 Å². The van der Waals surface area contributed by atoms with Crippen molar-refractivity contribution in [3.8, 4) is 0 Å². The van der Waals surface area contributed by atoms with E-state index in [1.807, 2.05) is 0 Å². The number of nitrogens with one attached hydrogen (secondary N) is 2. The molecule has 2 unspecified atom stereocenters. The first-order chi connectivity index (χ1) is 9.48. The van der Waals surface area contributed by atoms with Crippen molar-refractivity contribution in [3.63, 3.8) is 0 Å². The SMILES string of the molecule is COCCNC(=O)CCNC(=O)C1(N)CCCC(C)C1. The number of hydrogen-bond donors (Lipinski definition) is 3. The lowest BCUT2D eigenvalue weighted by Gasteiger charge is -2.35. The Labute approximate surface area is 120 Å². The first kappa shape index (κ1) is 16.9. The molecule has 0 aromatic rings. The van der Waals surface area contributed by atoms with Gasteiger partial charge in [-0.1, -0.05) is 19.8 Å². The molecule has 1 fully saturated rings. The van der Waals surface area contributed by atoms with Crippen molar-refractivity contribution in [2.75, 3.05) is 26.8 Å². The maximum absolute atomic E-state index is 12.1. The summed E-state index contributed by atoms with van der Waals surface area (Å²) < 4.78 is 4.84. The Morgan fingerprint density at radius 2 is 2.10 bits per heavy atom. The summed E-state index contributed by atoms with van der Waals surface area (Å²) in [5, 5.41) is 5.49. The zero-order valence-corrected chi connectivity index (χ0v) is 12.5. The van der Waals surface area contributed by atoms with E-state index in [1.165, 1.54) is 0 Å². The fraction of sp³-hybridized carbons (Fsp3) is 0.857. The van der Waals surface area contributed by atoms with Crippen LogP contribution in [-0.4, -0.2) is 44.2 Å². The number of nitrogens with two attached hydrogens (primary N) is 1. The highest BCUT2D eigenvalue weighted by atomic mass is 16.5. The minimum absolute atomic E-state index is 0.0922. The number of methoxy groups -OCH3 is 1. The van der Waals surface area contributed by atoms with E-state index in [1.54, 1.807) is 7.11 Å². The number of carbonyl (C=O) groups is 2. The van der Waals surface area contributed by atoms with Crippen LogP contribution >= 0.6 is 0 Å². The van der Waals surface area contributed by atoms with Gasteiger partial charge >= 0.3 is 0 Å². The van der Waals surface area contributed by atoms with Crippen LogP contribution in [0.4, 0.5) is 0 Å². The second kappa shape index (κ2) is 8.21. The highest BCUT2D eigenvalue weighted by molar-refractivity contribution is 5.86. The summed E-state index contributed by atoms with van der Waals surface area (Å²) in [6.45, 7) is 3.42. The number of amides is 2. The molecule has 4 N–H and O–H groups in total. The van der Waals surface area contributed by atoms with Gasteiger partial charge in [0.2, 0.25) is 11.8 Å². The van der Waals surface area contributed by atoms with E-state index in [4.69, 9.17) is 10.5 Å².